The highest BCUT2D eigenvalue weighted by Gasteiger charge is 2.48. The van der Waals surface area contributed by atoms with E-state index in [2.05, 4.69) is 12.2 Å². The molecule has 2 amide bonds. The molecule has 1 heterocycles. The maximum atomic E-state index is 12.9. The number of carbonyl (C=O) groups excluding carboxylic acids is 2. The summed E-state index contributed by atoms with van der Waals surface area (Å²) < 4.78 is 5.24. The normalized spacial score (nSPS) is 23.8. The van der Waals surface area contributed by atoms with E-state index >= 15 is 0 Å². The molecule has 2 rings (SSSR count). The molecule has 114 valence electrons. The van der Waals surface area contributed by atoms with Crippen LogP contribution in [-0.2, 0) is 14.3 Å². The first-order chi connectivity index (χ1) is 9.63. The van der Waals surface area contributed by atoms with Gasteiger partial charge in [0.25, 0.3) is 0 Å². The fraction of sp³-hybridized carbons (Fsp3) is 0.867. The lowest BCUT2D eigenvalue weighted by Crippen LogP contribution is -2.69. The number of methoxy groups -OCH3 is 1. The van der Waals surface area contributed by atoms with Crippen molar-refractivity contribution in [3.63, 3.8) is 0 Å². The van der Waals surface area contributed by atoms with Gasteiger partial charge in [-0.2, -0.15) is 0 Å². The largest absolute Gasteiger partial charge is 0.383 e. The van der Waals surface area contributed by atoms with Gasteiger partial charge in [-0.05, 0) is 19.3 Å². The highest BCUT2D eigenvalue weighted by atomic mass is 16.5. The van der Waals surface area contributed by atoms with Gasteiger partial charge in [0.15, 0.2) is 0 Å². The van der Waals surface area contributed by atoms with Crippen molar-refractivity contribution in [2.24, 2.45) is 0 Å². The lowest BCUT2D eigenvalue weighted by Gasteiger charge is -2.46. The summed E-state index contributed by atoms with van der Waals surface area (Å²) in [4.78, 5) is 26.7. The van der Waals surface area contributed by atoms with Crippen LogP contribution >= 0.6 is 0 Å². The second-order valence-electron chi connectivity index (χ2n) is 6.02. The number of piperazine rings is 1. The molecule has 2 fully saturated rings. The fourth-order valence-corrected chi connectivity index (χ4v) is 3.51. The summed E-state index contributed by atoms with van der Waals surface area (Å²) in [5, 5.41) is 2.98. The number of nitrogens with zero attached hydrogens (tertiary/aromatic N) is 1. The Balaban J connectivity index is 2.18. The molecule has 0 aromatic carbocycles. The quantitative estimate of drug-likeness (QED) is 0.830. The number of hydrogen-bond acceptors (Lipinski definition) is 3. The van der Waals surface area contributed by atoms with Crippen LogP contribution in [0.4, 0.5) is 0 Å². The second-order valence-corrected chi connectivity index (χ2v) is 6.02. The zero-order valence-corrected chi connectivity index (χ0v) is 12.6. The van der Waals surface area contributed by atoms with Crippen molar-refractivity contribution >= 4 is 11.8 Å². The van der Waals surface area contributed by atoms with E-state index in [9.17, 15) is 9.59 Å². The average Bonchev–Trinajstić information content (AvgIpc) is 2.44. The summed E-state index contributed by atoms with van der Waals surface area (Å²) >= 11 is 0. The van der Waals surface area contributed by atoms with Crippen LogP contribution in [0, 0.1) is 0 Å². The molecule has 1 aliphatic heterocycles. The Bertz CT molecular complexity index is 358. The predicted molar refractivity (Wildman–Crippen MR) is 76.2 cm³/mol. The summed E-state index contributed by atoms with van der Waals surface area (Å²) in [5.74, 6) is 0.0796. The standard InChI is InChI=1S/C15H26N2O3/c1-3-7-12(11-20-2)17-10-13(18)16-15(14(17)19)8-5-4-6-9-15/h12H,3-11H2,1-2H3,(H,16,18). The number of amides is 2. The maximum absolute atomic E-state index is 12.9. The van der Waals surface area contributed by atoms with Gasteiger partial charge in [0.2, 0.25) is 11.8 Å². The Kier molecular flexibility index (Phi) is 5.02. The topological polar surface area (TPSA) is 58.6 Å². The fourth-order valence-electron chi connectivity index (χ4n) is 3.51. The van der Waals surface area contributed by atoms with Gasteiger partial charge in [-0.15, -0.1) is 0 Å². The number of carbonyl (C=O) groups is 2. The van der Waals surface area contributed by atoms with Gasteiger partial charge in [0.05, 0.1) is 12.6 Å². The molecule has 1 spiro atoms. The van der Waals surface area contributed by atoms with Crippen LogP contribution in [0.3, 0.4) is 0 Å². The molecule has 1 unspecified atom stereocenters. The molecule has 1 N–H and O–H groups in total. The lowest BCUT2D eigenvalue weighted by molar-refractivity contribution is -0.155. The van der Waals surface area contributed by atoms with Crippen molar-refractivity contribution in [2.45, 2.75) is 63.5 Å². The number of rotatable bonds is 5. The Morgan fingerprint density at radius 2 is 2.00 bits per heavy atom. The van der Waals surface area contributed by atoms with Crippen LogP contribution in [0.1, 0.15) is 51.9 Å². The van der Waals surface area contributed by atoms with E-state index in [1.807, 2.05) is 0 Å². The zero-order chi connectivity index (χ0) is 14.6. The van der Waals surface area contributed by atoms with Crippen molar-refractivity contribution in [1.82, 2.24) is 10.2 Å². The van der Waals surface area contributed by atoms with E-state index in [0.717, 1.165) is 44.9 Å². The van der Waals surface area contributed by atoms with E-state index in [-0.39, 0.29) is 24.4 Å². The smallest absolute Gasteiger partial charge is 0.249 e. The molecule has 20 heavy (non-hydrogen) atoms. The minimum Gasteiger partial charge on any atom is -0.383 e. The molecule has 1 atom stereocenters. The maximum Gasteiger partial charge on any atom is 0.249 e. The Labute approximate surface area is 121 Å². The third-order valence-corrected chi connectivity index (χ3v) is 4.49. The number of nitrogens with one attached hydrogen (secondary N) is 1. The van der Waals surface area contributed by atoms with Crippen molar-refractivity contribution in [2.75, 3.05) is 20.3 Å². The lowest BCUT2D eigenvalue weighted by atomic mass is 9.79. The molecule has 5 heteroatoms. The monoisotopic (exact) mass is 282 g/mol. The van der Waals surface area contributed by atoms with E-state index in [4.69, 9.17) is 4.74 Å². The SMILES string of the molecule is CCCC(COC)N1CC(=O)NC2(CCCCC2)C1=O. The molecular formula is C15H26N2O3. The molecule has 1 saturated heterocycles. The van der Waals surface area contributed by atoms with Gasteiger partial charge in [-0.1, -0.05) is 32.6 Å². The summed E-state index contributed by atoms with van der Waals surface area (Å²) in [7, 11) is 1.65. The summed E-state index contributed by atoms with van der Waals surface area (Å²) in [6.07, 6.45) is 6.60. The third-order valence-electron chi connectivity index (χ3n) is 4.49. The Morgan fingerprint density at radius 3 is 2.60 bits per heavy atom. The molecule has 5 nitrogen and oxygen atoms in total. The molecule has 0 bridgehead atoms. The Morgan fingerprint density at radius 1 is 1.30 bits per heavy atom. The van der Waals surface area contributed by atoms with Gasteiger partial charge in [0.1, 0.15) is 12.1 Å². The molecule has 0 radical (unpaired) electrons. The Hall–Kier alpha value is -1.10. The first-order valence-electron chi connectivity index (χ1n) is 7.74. The van der Waals surface area contributed by atoms with Crippen molar-refractivity contribution in [1.29, 1.82) is 0 Å². The van der Waals surface area contributed by atoms with Crippen LogP contribution in [0.15, 0.2) is 0 Å². The number of hydrogen-bond donors (Lipinski definition) is 1. The summed E-state index contributed by atoms with van der Waals surface area (Å²) in [6, 6.07) is 0.0161. The van der Waals surface area contributed by atoms with Crippen molar-refractivity contribution in [3.05, 3.63) is 0 Å². The van der Waals surface area contributed by atoms with E-state index in [1.54, 1.807) is 12.0 Å². The zero-order valence-electron chi connectivity index (χ0n) is 12.6. The molecule has 1 aliphatic carbocycles. The van der Waals surface area contributed by atoms with Gasteiger partial charge in [-0.3, -0.25) is 9.59 Å². The summed E-state index contributed by atoms with van der Waals surface area (Å²) in [6.45, 7) is 2.77. The molecule has 0 aromatic heterocycles. The van der Waals surface area contributed by atoms with Crippen LogP contribution in [0.25, 0.3) is 0 Å². The minimum atomic E-state index is -0.632. The first kappa shape index (κ1) is 15.3. The number of ether oxygens (including phenoxy) is 1. The van der Waals surface area contributed by atoms with E-state index in [1.165, 1.54) is 0 Å². The molecule has 2 aliphatic rings. The predicted octanol–water partition coefficient (Wildman–Crippen LogP) is 1.46. The highest BCUT2D eigenvalue weighted by Crippen LogP contribution is 2.33. The molecule has 1 saturated carbocycles. The first-order valence-corrected chi connectivity index (χ1v) is 7.74. The van der Waals surface area contributed by atoms with Gasteiger partial charge >= 0.3 is 0 Å². The third kappa shape index (κ3) is 2.97. The van der Waals surface area contributed by atoms with E-state index < -0.39 is 5.54 Å². The van der Waals surface area contributed by atoms with Gasteiger partial charge in [0, 0.05) is 7.11 Å². The van der Waals surface area contributed by atoms with Crippen LogP contribution in [-0.4, -0.2) is 48.6 Å². The van der Waals surface area contributed by atoms with Crippen molar-refractivity contribution in [3.8, 4) is 0 Å². The average molecular weight is 282 g/mol. The van der Waals surface area contributed by atoms with Crippen LogP contribution in [0.2, 0.25) is 0 Å². The van der Waals surface area contributed by atoms with Crippen molar-refractivity contribution < 1.29 is 14.3 Å². The van der Waals surface area contributed by atoms with Gasteiger partial charge in [-0.25, -0.2) is 0 Å². The minimum absolute atomic E-state index is 0.0161. The van der Waals surface area contributed by atoms with Crippen LogP contribution < -0.4 is 5.32 Å². The van der Waals surface area contributed by atoms with E-state index in [0.29, 0.717) is 6.61 Å². The van der Waals surface area contributed by atoms with Crippen LogP contribution in [0.5, 0.6) is 0 Å². The summed E-state index contributed by atoms with van der Waals surface area (Å²) in [5.41, 5.74) is -0.632. The molecule has 0 aromatic rings. The highest BCUT2D eigenvalue weighted by molar-refractivity contribution is 5.98. The van der Waals surface area contributed by atoms with Gasteiger partial charge < -0.3 is 15.0 Å². The second kappa shape index (κ2) is 6.57. The molecular weight excluding hydrogens is 256 g/mol.